The number of hydrogen-bond acceptors (Lipinski definition) is 5. The van der Waals surface area contributed by atoms with Crippen molar-refractivity contribution in [2.75, 3.05) is 0 Å². The highest BCUT2D eigenvalue weighted by atomic mass is 32.1. The number of furan rings is 1. The van der Waals surface area contributed by atoms with Gasteiger partial charge in [-0.3, -0.25) is 9.36 Å². The van der Waals surface area contributed by atoms with Crippen LogP contribution >= 0.6 is 22.7 Å². The first-order valence-corrected chi connectivity index (χ1v) is 9.80. The first-order chi connectivity index (χ1) is 12.8. The van der Waals surface area contributed by atoms with E-state index in [1.54, 1.807) is 33.5 Å². The molecule has 128 valence electrons. The Morgan fingerprint density at radius 3 is 2.58 bits per heavy atom. The lowest BCUT2D eigenvalue weighted by Gasteiger charge is -2.10. The molecule has 0 aromatic carbocycles. The Balaban J connectivity index is 1.74. The van der Waals surface area contributed by atoms with Crippen LogP contribution in [0.5, 0.6) is 0 Å². The molecule has 5 nitrogen and oxygen atoms in total. The maximum atomic E-state index is 13.0. The van der Waals surface area contributed by atoms with E-state index in [-0.39, 0.29) is 5.56 Å². The van der Waals surface area contributed by atoms with Crippen LogP contribution < -0.4 is 5.56 Å². The second kappa shape index (κ2) is 6.12. The molecule has 0 amide bonds. The van der Waals surface area contributed by atoms with E-state index in [0.29, 0.717) is 17.9 Å². The smallest absolute Gasteiger partial charge is 0.278 e. The second-order valence-electron chi connectivity index (χ2n) is 5.81. The highest BCUT2D eigenvalue weighted by Crippen LogP contribution is 2.32. The highest BCUT2D eigenvalue weighted by molar-refractivity contribution is 7.13. The molecule has 0 atom stereocenters. The molecule has 0 spiro atoms. The van der Waals surface area contributed by atoms with E-state index in [2.05, 4.69) is 9.97 Å². The van der Waals surface area contributed by atoms with E-state index >= 15 is 0 Å². The number of H-pyrrole nitrogens is 1. The Hall–Kier alpha value is -2.90. The summed E-state index contributed by atoms with van der Waals surface area (Å²) in [7, 11) is 0. The van der Waals surface area contributed by atoms with Gasteiger partial charge in [0.1, 0.15) is 17.1 Å². The van der Waals surface area contributed by atoms with Gasteiger partial charge in [-0.1, -0.05) is 12.1 Å². The van der Waals surface area contributed by atoms with Crippen molar-refractivity contribution in [3.05, 3.63) is 81.4 Å². The van der Waals surface area contributed by atoms with Gasteiger partial charge >= 0.3 is 0 Å². The molecular formula is C19H13N3O2S2. The van der Waals surface area contributed by atoms with Crippen LogP contribution in [0.1, 0.15) is 11.5 Å². The summed E-state index contributed by atoms with van der Waals surface area (Å²) in [6.07, 6.45) is 3.82. The normalized spacial score (nSPS) is 11.4. The van der Waals surface area contributed by atoms with Crippen LogP contribution in [0.2, 0.25) is 0 Å². The third-order valence-electron chi connectivity index (χ3n) is 4.15. The maximum absolute atomic E-state index is 13.0. The van der Waals surface area contributed by atoms with Gasteiger partial charge in [0.05, 0.1) is 28.1 Å². The summed E-state index contributed by atoms with van der Waals surface area (Å²) in [5.41, 5.74) is 2.12. The van der Waals surface area contributed by atoms with Gasteiger partial charge in [0.15, 0.2) is 5.82 Å². The number of aromatic amines is 1. The monoisotopic (exact) mass is 379 g/mol. The summed E-state index contributed by atoms with van der Waals surface area (Å²) in [5.74, 6) is 1.37. The van der Waals surface area contributed by atoms with Gasteiger partial charge in [0.2, 0.25) is 0 Å². The van der Waals surface area contributed by atoms with Crippen molar-refractivity contribution in [3.63, 3.8) is 0 Å². The quantitative estimate of drug-likeness (QED) is 0.495. The molecule has 3 aromatic rings. The van der Waals surface area contributed by atoms with Crippen molar-refractivity contribution >= 4 is 22.7 Å². The van der Waals surface area contributed by atoms with Crippen molar-refractivity contribution in [2.24, 2.45) is 0 Å². The predicted molar refractivity (Wildman–Crippen MR) is 104 cm³/mol. The molecule has 1 N–H and O–H groups in total. The molecule has 7 heteroatoms. The van der Waals surface area contributed by atoms with Gasteiger partial charge in [0, 0.05) is 6.20 Å². The van der Waals surface area contributed by atoms with Crippen LogP contribution in [0, 0.1) is 0 Å². The fourth-order valence-corrected chi connectivity index (χ4v) is 4.37. The molecule has 2 aliphatic heterocycles. The number of nitrogens with one attached hydrogen (secondary N) is 1. The minimum absolute atomic E-state index is 0.110. The van der Waals surface area contributed by atoms with Crippen LogP contribution in [0.15, 0.2) is 68.8 Å². The van der Waals surface area contributed by atoms with Crippen LogP contribution in [0.3, 0.4) is 0 Å². The number of rotatable bonds is 4. The molecule has 0 saturated carbocycles. The van der Waals surface area contributed by atoms with E-state index in [1.807, 2.05) is 53.4 Å². The van der Waals surface area contributed by atoms with Crippen molar-refractivity contribution in [3.8, 4) is 27.0 Å². The zero-order valence-corrected chi connectivity index (χ0v) is 15.1. The van der Waals surface area contributed by atoms with Gasteiger partial charge in [0.25, 0.3) is 5.56 Å². The molecule has 0 unspecified atom stereocenters. The Kier molecular flexibility index (Phi) is 3.62. The largest absolute Gasteiger partial charge is 0.469 e. The number of imidazole rings is 1. The molecule has 26 heavy (non-hydrogen) atoms. The number of nitrogens with zero attached hydrogens (tertiary/aromatic N) is 2. The van der Waals surface area contributed by atoms with E-state index in [1.165, 1.54) is 0 Å². The molecule has 0 bridgehead atoms. The van der Waals surface area contributed by atoms with Gasteiger partial charge in [-0.05, 0) is 35.0 Å². The van der Waals surface area contributed by atoms with Gasteiger partial charge < -0.3 is 9.40 Å². The molecule has 5 rings (SSSR count). The van der Waals surface area contributed by atoms with Crippen molar-refractivity contribution < 1.29 is 4.42 Å². The van der Waals surface area contributed by atoms with E-state index in [9.17, 15) is 4.79 Å². The van der Waals surface area contributed by atoms with E-state index < -0.39 is 0 Å². The first-order valence-electron chi connectivity index (χ1n) is 8.04. The molecule has 0 saturated heterocycles. The van der Waals surface area contributed by atoms with Gasteiger partial charge in [-0.25, -0.2) is 4.98 Å². The van der Waals surface area contributed by atoms with E-state index in [4.69, 9.17) is 4.42 Å². The summed E-state index contributed by atoms with van der Waals surface area (Å²) < 4.78 is 7.02. The predicted octanol–water partition coefficient (Wildman–Crippen LogP) is 4.64. The lowest BCUT2D eigenvalue weighted by Crippen LogP contribution is -2.16. The summed E-state index contributed by atoms with van der Waals surface area (Å²) in [6, 6.07) is 11.7. The average Bonchev–Trinajstić information content (AvgIpc) is 3.45. The zero-order valence-electron chi connectivity index (χ0n) is 13.5. The third kappa shape index (κ3) is 2.53. The summed E-state index contributed by atoms with van der Waals surface area (Å²) in [6.45, 7) is 0. The SMILES string of the molecule is O=c1c(Cc2ccco2)nc2c(-c3cccs3)[nH]c(-c3cccs3)cn1-2. The first kappa shape index (κ1) is 15.4. The third-order valence-corrected chi connectivity index (χ3v) is 5.94. The number of fused-ring (bicyclic) bond motifs is 1. The average molecular weight is 379 g/mol. The molecule has 0 aliphatic carbocycles. The molecule has 5 heterocycles. The number of thiophene rings is 2. The summed E-state index contributed by atoms with van der Waals surface area (Å²) in [4.78, 5) is 23.2. The Morgan fingerprint density at radius 2 is 1.88 bits per heavy atom. The highest BCUT2D eigenvalue weighted by Gasteiger charge is 2.22. The zero-order chi connectivity index (χ0) is 17.5. The summed E-state index contributed by atoms with van der Waals surface area (Å²) >= 11 is 3.24. The lowest BCUT2D eigenvalue weighted by atomic mass is 10.3. The summed E-state index contributed by atoms with van der Waals surface area (Å²) in [5, 5.41) is 4.04. The standard InChI is InChI=1S/C19H13N3O2S2/c23-19-13(10-12-4-1-7-24-12)21-18-17(16-6-3-9-26-16)20-14(11-22(18)19)15-5-2-8-25-15/h1-9,11,20H,10H2. The Morgan fingerprint density at radius 1 is 1.08 bits per heavy atom. The Bertz CT molecular complexity index is 1170. The fourth-order valence-electron chi connectivity index (χ4n) is 2.96. The Labute approximate surface area is 156 Å². The topological polar surface area (TPSA) is 63.8 Å². The second-order valence-corrected chi connectivity index (χ2v) is 7.71. The lowest BCUT2D eigenvalue weighted by molar-refractivity contribution is 0.519. The van der Waals surface area contributed by atoms with Crippen LogP contribution in [0.25, 0.3) is 27.0 Å². The van der Waals surface area contributed by atoms with Crippen molar-refractivity contribution in [1.29, 1.82) is 0 Å². The van der Waals surface area contributed by atoms with Crippen LogP contribution in [0.4, 0.5) is 0 Å². The molecular weight excluding hydrogens is 366 g/mol. The molecule has 2 aliphatic rings. The molecule has 0 radical (unpaired) electrons. The minimum Gasteiger partial charge on any atom is -0.469 e. The number of aromatic nitrogens is 3. The minimum atomic E-state index is -0.110. The van der Waals surface area contributed by atoms with Gasteiger partial charge in [-0.15, -0.1) is 22.7 Å². The maximum Gasteiger partial charge on any atom is 0.278 e. The molecule has 0 fully saturated rings. The fraction of sp³-hybridized carbons (Fsp3) is 0.0526. The van der Waals surface area contributed by atoms with Crippen LogP contribution in [-0.4, -0.2) is 14.5 Å². The van der Waals surface area contributed by atoms with Crippen LogP contribution in [-0.2, 0) is 6.42 Å². The number of hydrogen-bond donors (Lipinski definition) is 1. The molecule has 3 aromatic heterocycles. The van der Waals surface area contributed by atoms with Gasteiger partial charge in [-0.2, -0.15) is 0 Å². The van der Waals surface area contributed by atoms with Crippen molar-refractivity contribution in [2.45, 2.75) is 6.42 Å². The van der Waals surface area contributed by atoms with Crippen molar-refractivity contribution in [1.82, 2.24) is 14.5 Å². The van der Waals surface area contributed by atoms with E-state index in [0.717, 1.165) is 26.9 Å².